The van der Waals surface area contributed by atoms with Gasteiger partial charge in [0.05, 0.1) is 11.8 Å². The highest BCUT2D eigenvalue weighted by Crippen LogP contribution is 2.39. The maximum Gasteiger partial charge on any atom is 0.148 e. The van der Waals surface area contributed by atoms with Crippen LogP contribution in [-0.2, 0) is 13.0 Å². The van der Waals surface area contributed by atoms with Gasteiger partial charge in [0.15, 0.2) is 0 Å². The minimum atomic E-state index is 0.0774. The maximum atomic E-state index is 6.22. The predicted octanol–water partition coefficient (Wildman–Crippen LogP) is 5.80. The smallest absolute Gasteiger partial charge is 0.148 e. The third kappa shape index (κ3) is 4.81. The molecule has 6 nitrogen and oxygen atoms in total. The van der Waals surface area contributed by atoms with Gasteiger partial charge in [-0.2, -0.15) is 0 Å². The van der Waals surface area contributed by atoms with E-state index >= 15 is 0 Å². The number of ether oxygens (including phenoxy) is 1. The van der Waals surface area contributed by atoms with Crippen LogP contribution in [0.2, 0.25) is 0 Å². The van der Waals surface area contributed by atoms with Gasteiger partial charge in [-0.05, 0) is 80.1 Å². The summed E-state index contributed by atoms with van der Waals surface area (Å²) in [6.45, 7) is 4.81. The van der Waals surface area contributed by atoms with Crippen molar-refractivity contribution in [3.63, 3.8) is 0 Å². The summed E-state index contributed by atoms with van der Waals surface area (Å²) < 4.78 is 5.76. The van der Waals surface area contributed by atoms with E-state index in [-0.39, 0.29) is 6.10 Å². The fraction of sp³-hybridized carbons (Fsp3) is 0.296. The number of pyridine rings is 1. The topological polar surface area (TPSA) is 86.0 Å². The normalized spacial score (nSPS) is 15.3. The molecule has 0 fully saturated rings. The number of nitrogens with two attached hydrogens (primary N) is 1. The minimum Gasteiger partial charge on any atom is -0.489 e. The summed E-state index contributed by atoms with van der Waals surface area (Å²) >= 11 is 1.61. The zero-order valence-corrected chi connectivity index (χ0v) is 20.3. The molecule has 0 bridgehead atoms. The molecule has 7 heteroatoms. The Morgan fingerprint density at radius 1 is 1.09 bits per heavy atom. The fourth-order valence-corrected chi connectivity index (χ4v) is 5.39. The Morgan fingerprint density at radius 3 is 2.71 bits per heavy atom. The van der Waals surface area contributed by atoms with E-state index in [2.05, 4.69) is 50.8 Å². The average molecular weight is 472 g/mol. The summed E-state index contributed by atoms with van der Waals surface area (Å²) in [5.74, 6) is 0.700. The predicted molar refractivity (Wildman–Crippen MR) is 138 cm³/mol. The Kier molecular flexibility index (Phi) is 6.56. The molecule has 0 amide bonds. The molecule has 0 unspecified atom stereocenters. The van der Waals surface area contributed by atoms with Crippen molar-refractivity contribution in [3.8, 4) is 26.9 Å². The number of aromatic nitrogens is 3. The molecule has 4 aromatic rings. The van der Waals surface area contributed by atoms with Crippen molar-refractivity contribution in [2.45, 2.75) is 51.8 Å². The molecule has 3 N–H and O–H groups in total. The number of benzene rings is 2. The molecule has 0 spiro atoms. The number of hydrogen-bond acceptors (Lipinski definition) is 7. The van der Waals surface area contributed by atoms with Crippen molar-refractivity contribution in [2.24, 2.45) is 0 Å². The molecule has 5 rings (SSSR count). The van der Waals surface area contributed by atoms with Crippen molar-refractivity contribution < 1.29 is 4.74 Å². The van der Waals surface area contributed by atoms with Crippen LogP contribution in [0.1, 0.15) is 49.4 Å². The molecule has 2 heterocycles. The molecule has 1 aliphatic rings. The maximum absolute atomic E-state index is 6.22. The van der Waals surface area contributed by atoms with Crippen molar-refractivity contribution in [1.82, 2.24) is 20.5 Å². The number of nitrogens with one attached hydrogen (secondary N) is 1. The number of nitrogen functional groups attached to an aromatic ring is 1. The van der Waals surface area contributed by atoms with Crippen LogP contribution in [0.25, 0.3) is 21.1 Å². The molecule has 174 valence electrons. The summed E-state index contributed by atoms with van der Waals surface area (Å²) in [5, 5.41) is 14.6. The van der Waals surface area contributed by atoms with Crippen LogP contribution in [0.4, 0.5) is 5.69 Å². The van der Waals surface area contributed by atoms with E-state index in [9.17, 15) is 0 Å². The van der Waals surface area contributed by atoms with Gasteiger partial charge in [-0.25, -0.2) is 0 Å². The van der Waals surface area contributed by atoms with E-state index in [1.54, 1.807) is 11.3 Å². The second-order valence-electron chi connectivity index (χ2n) is 8.89. The van der Waals surface area contributed by atoms with Crippen molar-refractivity contribution in [3.05, 3.63) is 77.6 Å². The Bertz CT molecular complexity index is 1270. The lowest BCUT2D eigenvalue weighted by Gasteiger charge is -2.28. The van der Waals surface area contributed by atoms with Crippen LogP contribution < -0.4 is 15.8 Å². The SMILES string of the molecule is CC(C)Oc1ccc(-c2nnc(-c3cccc4c3CCC[C@H]4NCc3ccncc3)s2)cc1N. The van der Waals surface area contributed by atoms with Gasteiger partial charge in [-0.1, -0.05) is 29.5 Å². The van der Waals surface area contributed by atoms with Gasteiger partial charge in [0.2, 0.25) is 0 Å². The van der Waals surface area contributed by atoms with E-state index in [0.29, 0.717) is 17.5 Å². The van der Waals surface area contributed by atoms with Gasteiger partial charge in [-0.15, -0.1) is 10.2 Å². The minimum absolute atomic E-state index is 0.0774. The Labute approximate surface area is 204 Å². The van der Waals surface area contributed by atoms with E-state index in [1.165, 1.54) is 22.3 Å². The van der Waals surface area contributed by atoms with Crippen LogP contribution in [0.3, 0.4) is 0 Å². The lowest BCUT2D eigenvalue weighted by molar-refractivity contribution is 0.244. The van der Waals surface area contributed by atoms with Crippen LogP contribution in [0.15, 0.2) is 60.9 Å². The Balaban J connectivity index is 1.39. The van der Waals surface area contributed by atoms with Crippen molar-refractivity contribution in [2.75, 3.05) is 5.73 Å². The monoisotopic (exact) mass is 471 g/mol. The largest absolute Gasteiger partial charge is 0.489 e. The molecule has 0 aliphatic heterocycles. The quantitative estimate of drug-likeness (QED) is 0.331. The molecular weight excluding hydrogens is 442 g/mol. The second kappa shape index (κ2) is 9.91. The molecular formula is C27H29N5OS. The van der Waals surface area contributed by atoms with E-state index in [4.69, 9.17) is 10.5 Å². The first-order valence-corrected chi connectivity index (χ1v) is 12.5. The highest BCUT2D eigenvalue weighted by molar-refractivity contribution is 7.17. The first-order chi connectivity index (χ1) is 16.6. The third-order valence-corrected chi connectivity index (χ3v) is 7.09. The Hall–Kier alpha value is -3.29. The number of fused-ring (bicyclic) bond motifs is 1. The van der Waals surface area contributed by atoms with Crippen LogP contribution >= 0.6 is 11.3 Å². The molecule has 2 aromatic carbocycles. The summed E-state index contributed by atoms with van der Waals surface area (Å²) in [7, 11) is 0. The summed E-state index contributed by atoms with van der Waals surface area (Å²) in [6, 6.07) is 16.8. The molecule has 0 saturated heterocycles. The van der Waals surface area contributed by atoms with Gasteiger partial charge >= 0.3 is 0 Å². The third-order valence-electron chi connectivity index (χ3n) is 6.08. The van der Waals surface area contributed by atoms with Crippen LogP contribution in [0.5, 0.6) is 5.75 Å². The highest BCUT2D eigenvalue weighted by Gasteiger charge is 2.24. The lowest BCUT2D eigenvalue weighted by atomic mass is 9.85. The number of hydrogen-bond donors (Lipinski definition) is 2. The summed E-state index contributed by atoms with van der Waals surface area (Å²) in [6.07, 6.45) is 7.10. The number of rotatable bonds is 7. The van der Waals surface area contributed by atoms with E-state index in [1.807, 2.05) is 44.4 Å². The summed E-state index contributed by atoms with van der Waals surface area (Å²) in [5.41, 5.74) is 13.0. The molecule has 2 aromatic heterocycles. The lowest BCUT2D eigenvalue weighted by Crippen LogP contribution is -2.25. The van der Waals surface area contributed by atoms with Gasteiger partial charge in [0, 0.05) is 36.1 Å². The van der Waals surface area contributed by atoms with Gasteiger partial charge in [-0.3, -0.25) is 4.98 Å². The van der Waals surface area contributed by atoms with Crippen molar-refractivity contribution >= 4 is 17.0 Å². The zero-order valence-electron chi connectivity index (χ0n) is 19.5. The van der Waals surface area contributed by atoms with E-state index < -0.39 is 0 Å². The molecule has 1 atom stereocenters. The summed E-state index contributed by atoms with van der Waals surface area (Å²) in [4.78, 5) is 4.11. The molecule has 34 heavy (non-hydrogen) atoms. The second-order valence-corrected chi connectivity index (χ2v) is 9.86. The fourth-order valence-electron chi connectivity index (χ4n) is 4.49. The van der Waals surface area contributed by atoms with Gasteiger partial charge in [0.1, 0.15) is 15.8 Å². The van der Waals surface area contributed by atoms with Crippen LogP contribution in [-0.4, -0.2) is 21.3 Å². The zero-order chi connectivity index (χ0) is 23.5. The molecule has 0 radical (unpaired) electrons. The van der Waals surface area contributed by atoms with Gasteiger partial charge in [0.25, 0.3) is 0 Å². The number of nitrogens with zero attached hydrogens (tertiary/aromatic N) is 3. The van der Waals surface area contributed by atoms with Gasteiger partial charge < -0.3 is 15.8 Å². The first kappa shape index (κ1) is 22.5. The molecule has 1 aliphatic carbocycles. The van der Waals surface area contributed by atoms with Crippen LogP contribution in [0, 0.1) is 0 Å². The van der Waals surface area contributed by atoms with E-state index in [0.717, 1.165) is 41.4 Å². The average Bonchev–Trinajstić information content (AvgIpc) is 3.34. The Morgan fingerprint density at radius 2 is 1.91 bits per heavy atom. The highest BCUT2D eigenvalue weighted by atomic mass is 32.1. The molecule has 0 saturated carbocycles. The standard InChI is InChI=1S/C27H29N5OS/c1-17(2)33-25-10-9-19(15-23(25)28)26-31-32-27(34-26)22-7-3-6-21-20(22)5-4-8-24(21)30-16-18-11-13-29-14-12-18/h3,6-7,9-15,17,24,30H,4-5,8,16,28H2,1-2H3/t24-/m1/s1. The van der Waals surface area contributed by atoms with Crippen molar-refractivity contribution in [1.29, 1.82) is 0 Å². The first-order valence-electron chi connectivity index (χ1n) is 11.7. The number of anilines is 1.